The zero-order chi connectivity index (χ0) is 10.6. The summed E-state index contributed by atoms with van der Waals surface area (Å²) in [5, 5.41) is 4.23. The minimum absolute atomic E-state index is 0.324. The van der Waals surface area contributed by atoms with Crippen molar-refractivity contribution in [3.05, 3.63) is 18.0 Å². The van der Waals surface area contributed by atoms with E-state index in [0.717, 1.165) is 13.0 Å². The Hall–Kier alpha value is -0.870. The molecule has 14 heavy (non-hydrogen) atoms. The van der Waals surface area contributed by atoms with Gasteiger partial charge in [-0.2, -0.15) is 5.10 Å². The topological polar surface area (TPSA) is 55.9 Å². The number of aryl methyl sites for hydroxylation is 1. The lowest BCUT2D eigenvalue weighted by molar-refractivity contribution is 0.404. The van der Waals surface area contributed by atoms with Gasteiger partial charge in [0.25, 0.3) is 0 Å². The van der Waals surface area contributed by atoms with E-state index in [4.69, 9.17) is 5.84 Å². The van der Waals surface area contributed by atoms with Crippen molar-refractivity contribution in [2.75, 3.05) is 0 Å². The van der Waals surface area contributed by atoms with Crippen LogP contribution in [0.2, 0.25) is 0 Å². The summed E-state index contributed by atoms with van der Waals surface area (Å²) < 4.78 is 1.93. The van der Waals surface area contributed by atoms with E-state index in [1.165, 1.54) is 5.56 Å². The molecule has 1 atom stereocenters. The number of nitrogens with zero attached hydrogens (tertiary/aromatic N) is 2. The van der Waals surface area contributed by atoms with Crippen LogP contribution in [0.3, 0.4) is 0 Å². The third kappa shape index (κ3) is 2.82. The number of hydrogen-bond acceptors (Lipinski definition) is 3. The van der Waals surface area contributed by atoms with Crippen LogP contribution in [0.15, 0.2) is 12.4 Å². The molecule has 0 fully saturated rings. The highest BCUT2D eigenvalue weighted by atomic mass is 15.3. The average Bonchev–Trinajstić information content (AvgIpc) is 2.61. The molecule has 0 aliphatic carbocycles. The maximum atomic E-state index is 5.48. The monoisotopic (exact) mass is 196 g/mol. The highest BCUT2D eigenvalue weighted by Crippen LogP contribution is 2.08. The Kier molecular flexibility index (Phi) is 4.10. The van der Waals surface area contributed by atoms with Crippen LogP contribution in [0.25, 0.3) is 0 Å². The molecular weight excluding hydrogens is 176 g/mol. The Balaban J connectivity index is 2.57. The summed E-state index contributed by atoms with van der Waals surface area (Å²) in [5.74, 6) is 6.02. The molecule has 1 rings (SSSR count). The summed E-state index contributed by atoms with van der Waals surface area (Å²) in [4.78, 5) is 0. The van der Waals surface area contributed by atoms with Crippen LogP contribution in [0.4, 0.5) is 0 Å². The molecule has 1 aromatic rings. The SMILES string of the molecule is CCn1cc(CC(NN)C(C)C)cn1. The highest BCUT2D eigenvalue weighted by molar-refractivity contribution is 5.06. The zero-order valence-corrected chi connectivity index (χ0v) is 9.20. The van der Waals surface area contributed by atoms with Crippen molar-refractivity contribution >= 4 is 0 Å². The van der Waals surface area contributed by atoms with Gasteiger partial charge in [0.05, 0.1) is 6.20 Å². The molecule has 0 aromatic carbocycles. The molecule has 4 heteroatoms. The maximum Gasteiger partial charge on any atom is 0.0522 e. The van der Waals surface area contributed by atoms with Crippen LogP contribution in [-0.4, -0.2) is 15.8 Å². The molecule has 0 radical (unpaired) electrons. The zero-order valence-electron chi connectivity index (χ0n) is 9.20. The number of aromatic nitrogens is 2. The van der Waals surface area contributed by atoms with Crippen LogP contribution in [-0.2, 0) is 13.0 Å². The van der Waals surface area contributed by atoms with E-state index in [-0.39, 0.29) is 0 Å². The fraction of sp³-hybridized carbons (Fsp3) is 0.700. The molecule has 1 aromatic heterocycles. The van der Waals surface area contributed by atoms with Gasteiger partial charge in [0.15, 0.2) is 0 Å². The molecule has 80 valence electrons. The summed E-state index contributed by atoms with van der Waals surface area (Å²) in [7, 11) is 0. The molecule has 0 saturated carbocycles. The number of hydrogen-bond donors (Lipinski definition) is 2. The first-order valence-electron chi connectivity index (χ1n) is 5.14. The minimum Gasteiger partial charge on any atom is -0.273 e. The van der Waals surface area contributed by atoms with Crippen molar-refractivity contribution in [3.8, 4) is 0 Å². The molecule has 0 aliphatic rings. The quantitative estimate of drug-likeness (QED) is 0.544. The number of rotatable bonds is 5. The van der Waals surface area contributed by atoms with E-state index in [1.54, 1.807) is 0 Å². The molecular formula is C10H20N4. The predicted octanol–water partition coefficient (Wildman–Crippen LogP) is 0.933. The van der Waals surface area contributed by atoms with Gasteiger partial charge >= 0.3 is 0 Å². The lowest BCUT2D eigenvalue weighted by Crippen LogP contribution is -2.40. The molecule has 0 spiro atoms. The normalized spacial score (nSPS) is 13.5. The van der Waals surface area contributed by atoms with Gasteiger partial charge in [0.2, 0.25) is 0 Å². The van der Waals surface area contributed by atoms with E-state index in [1.807, 2.05) is 10.9 Å². The van der Waals surface area contributed by atoms with E-state index in [2.05, 4.69) is 37.5 Å². The predicted molar refractivity (Wildman–Crippen MR) is 57.6 cm³/mol. The third-order valence-corrected chi connectivity index (χ3v) is 2.49. The van der Waals surface area contributed by atoms with Gasteiger partial charge in [-0.3, -0.25) is 16.0 Å². The van der Waals surface area contributed by atoms with Gasteiger partial charge in [0, 0.05) is 18.8 Å². The molecule has 0 bridgehead atoms. The number of hydrazine groups is 1. The summed E-state index contributed by atoms with van der Waals surface area (Å²) in [6.45, 7) is 7.32. The Bertz CT molecular complexity index is 267. The fourth-order valence-electron chi connectivity index (χ4n) is 1.43. The number of nitrogens with two attached hydrogens (primary N) is 1. The summed E-state index contributed by atoms with van der Waals surface area (Å²) in [5.41, 5.74) is 4.08. The Morgan fingerprint density at radius 1 is 1.57 bits per heavy atom. The van der Waals surface area contributed by atoms with Gasteiger partial charge in [0.1, 0.15) is 0 Å². The standard InChI is InChI=1S/C10H20N4/c1-4-14-7-9(6-12-14)5-10(13-11)8(2)3/h6-8,10,13H,4-5,11H2,1-3H3. The summed E-state index contributed by atoms with van der Waals surface area (Å²) >= 11 is 0. The molecule has 4 nitrogen and oxygen atoms in total. The lowest BCUT2D eigenvalue weighted by atomic mass is 9.99. The van der Waals surface area contributed by atoms with E-state index in [9.17, 15) is 0 Å². The van der Waals surface area contributed by atoms with Crippen molar-refractivity contribution in [1.29, 1.82) is 0 Å². The number of nitrogens with one attached hydrogen (secondary N) is 1. The molecule has 0 saturated heterocycles. The van der Waals surface area contributed by atoms with Crippen LogP contribution >= 0.6 is 0 Å². The second kappa shape index (κ2) is 5.12. The van der Waals surface area contributed by atoms with Crippen molar-refractivity contribution in [2.24, 2.45) is 11.8 Å². The van der Waals surface area contributed by atoms with Crippen LogP contribution in [0.5, 0.6) is 0 Å². The van der Waals surface area contributed by atoms with Gasteiger partial charge < -0.3 is 0 Å². The Labute approximate surface area is 85.5 Å². The second-order valence-electron chi connectivity index (χ2n) is 3.93. The van der Waals surface area contributed by atoms with Crippen molar-refractivity contribution in [3.63, 3.8) is 0 Å². The van der Waals surface area contributed by atoms with E-state index >= 15 is 0 Å². The minimum atomic E-state index is 0.324. The van der Waals surface area contributed by atoms with Crippen molar-refractivity contribution < 1.29 is 0 Å². The maximum absolute atomic E-state index is 5.48. The summed E-state index contributed by atoms with van der Waals surface area (Å²) in [6.07, 6.45) is 4.93. The average molecular weight is 196 g/mol. The molecule has 0 amide bonds. The first-order valence-corrected chi connectivity index (χ1v) is 5.14. The van der Waals surface area contributed by atoms with Crippen LogP contribution < -0.4 is 11.3 Å². The largest absolute Gasteiger partial charge is 0.273 e. The van der Waals surface area contributed by atoms with Gasteiger partial charge in [-0.15, -0.1) is 0 Å². The van der Waals surface area contributed by atoms with Gasteiger partial charge in [-0.25, -0.2) is 0 Å². The molecule has 3 N–H and O–H groups in total. The van der Waals surface area contributed by atoms with Crippen LogP contribution in [0.1, 0.15) is 26.3 Å². The fourth-order valence-corrected chi connectivity index (χ4v) is 1.43. The smallest absolute Gasteiger partial charge is 0.0522 e. The first-order chi connectivity index (χ1) is 6.67. The lowest BCUT2D eigenvalue weighted by Gasteiger charge is -2.18. The van der Waals surface area contributed by atoms with E-state index in [0.29, 0.717) is 12.0 Å². The van der Waals surface area contributed by atoms with Gasteiger partial charge in [-0.05, 0) is 24.8 Å². The second-order valence-corrected chi connectivity index (χ2v) is 3.93. The van der Waals surface area contributed by atoms with Crippen molar-refractivity contribution in [1.82, 2.24) is 15.2 Å². The van der Waals surface area contributed by atoms with Crippen molar-refractivity contribution in [2.45, 2.75) is 39.8 Å². The van der Waals surface area contributed by atoms with Gasteiger partial charge in [-0.1, -0.05) is 13.8 Å². The molecule has 1 heterocycles. The highest BCUT2D eigenvalue weighted by Gasteiger charge is 2.12. The Morgan fingerprint density at radius 2 is 2.29 bits per heavy atom. The van der Waals surface area contributed by atoms with Crippen LogP contribution in [0, 0.1) is 5.92 Å². The first kappa shape index (κ1) is 11.2. The molecule has 0 aliphatic heterocycles. The third-order valence-electron chi connectivity index (χ3n) is 2.49. The molecule has 1 unspecified atom stereocenters. The van der Waals surface area contributed by atoms with E-state index < -0.39 is 0 Å². The Morgan fingerprint density at radius 3 is 2.71 bits per heavy atom. The summed E-state index contributed by atoms with van der Waals surface area (Å²) in [6, 6.07) is 0.324.